The number of rotatable bonds is 14. The summed E-state index contributed by atoms with van der Waals surface area (Å²) in [5, 5.41) is 8.61. The van der Waals surface area contributed by atoms with Crippen molar-refractivity contribution in [2.24, 2.45) is 9.98 Å². The van der Waals surface area contributed by atoms with Crippen LogP contribution >= 0.6 is 15.8 Å². The van der Waals surface area contributed by atoms with Crippen molar-refractivity contribution in [2.75, 3.05) is 0 Å². The maximum atomic E-state index is 4.94. The van der Waals surface area contributed by atoms with Gasteiger partial charge < -0.3 is 9.97 Å². The second-order valence-electron chi connectivity index (χ2n) is 22.8. The summed E-state index contributed by atoms with van der Waals surface area (Å²) in [5.74, 6) is 0. The third-order valence-corrected chi connectivity index (χ3v) is 21.8. The van der Waals surface area contributed by atoms with Gasteiger partial charge in [-0.1, -0.05) is 315 Å². The van der Waals surface area contributed by atoms with Gasteiger partial charge in [0.1, 0.15) is 31.8 Å². The molecule has 4 nitrogen and oxygen atoms in total. The van der Waals surface area contributed by atoms with Crippen LogP contribution in [0.3, 0.4) is 0 Å². The first-order valence-corrected chi connectivity index (χ1v) is 35.4. The summed E-state index contributed by atoms with van der Waals surface area (Å²) in [6, 6.07) is 135. The first-order chi connectivity index (χ1) is 47.7. The molecule has 14 aromatic rings. The molecule has 0 bridgehead atoms. The van der Waals surface area contributed by atoms with E-state index in [1.807, 2.05) is 84.9 Å². The first kappa shape index (κ1) is 68.8. The Morgan fingerprint density at radius 1 is 0.214 bits per heavy atom. The average Bonchev–Trinajstić information content (AvgIpc) is 1.77. The van der Waals surface area contributed by atoms with Gasteiger partial charge in [-0.25, -0.2) is 9.98 Å². The topological polar surface area (TPSA) is 52.9 Å². The first-order valence-electron chi connectivity index (χ1n) is 32.4. The van der Waals surface area contributed by atoms with Gasteiger partial charge in [0.05, 0.1) is 38.7 Å². The molecule has 0 saturated carbocycles. The summed E-state index contributed by atoms with van der Waals surface area (Å²) in [5.41, 5.74) is 16.5. The molecule has 0 radical (unpaired) electrons. The van der Waals surface area contributed by atoms with E-state index in [1.165, 1.54) is 31.8 Å². The summed E-state index contributed by atoms with van der Waals surface area (Å²) in [7, 11) is -1.75. The van der Waals surface area contributed by atoms with E-state index >= 15 is 0 Å². The molecular formula is C90H70Cu2N4P2+2. The van der Waals surface area contributed by atoms with Gasteiger partial charge in [-0.3, -0.25) is 0 Å². The molecule has 8 heteroatoms. The van der Waals surface area contributed by atoms with E-state index in [4.69, 9.17) is 20.0 Å². The van der Waals surface area contributed by atoms with E-state index in [0.29, 0.717) is 0 Å². The summed E-state index contributed by atoms with van der Waals surface area (Å²) in [6.45, 7) is 0. The maximum Gasteiger partial charge on any atom is 1.00 e. The second-order valence-corrected chi connectivity index (χ2v) is 27.7. The molecule has 0 atom stereocenters. The van der Waals surface area contributed by atoms with Crippen LogP contribution in [0, 0.1) is 0 Å². The number of nitrogens with zero attached hydrogens (tertiary/aromatic N) is 4. The van der Waals surface area contributed by atoms with E-state index in [-0.39, 0.29) is 34.1 Å². The predicted molar refractivity (Wildman–Crippen MR) is 413 cm³/mol. The largest absolute Gasteiger partial charge is 1.00 e. The molecule has 16 rings (SSSR count). The van der Waals surface area contributed by atoms with Crippen molar-refractivity contribution >= 4 is 70.2 Å². The standard InChI is InChI=1S/2C27H19N2.2C18H15P.2Cu/c2*1-4-10-20(11-5-1)23-16-18-25(28-23)27(22-14-8-3-9-15-22)26-19-17-24(29-26)21-12-6-2-7-13-21;2*1-4-10-16(11-5-1)19(17-12-6-2-7-13-17)18-14-8-3-9-15-18;;/h2*1-19H;2*1-15H;;/q2*-1;;;2*+1/p+2/b2*27-25-;;;;. The molecule has 0 unspecified atom stereocenters. The predicted octanol–water partition coefficient (Wildman–Crippen LogP) is 18.6. The Kier molecular flexibility index (Phi) is 24.8. The average molecular weight is 1400 g/mol. The van der Waals surface area contributed by atoms with Crippen LogP contribution in [0.25, 0.3) is 33.7 Å². The van der Waals surface area contributed by atoms with Crippen LogP contribution in [0.1, 0.15) is 33.6 Å². The summed E-state index contributed by atoms with van der Waals surface area (Å²) < 4.78 is 0. The molecule has 2 aliphatic heterocycles. The molecule has 0 fully saturated rings. The van der Waals surface area contributed by atoms with E-state index in [1.54, 1.807) is 0 Å². The molecule has 0 saturated heterocycles. The number of allylic oxidation sites excluding steroid dienone is 4. The van der Waals surface area contributed by atoms with Gasteiger partial charge in [-0.2, -0.15) is 0 Å². The smallest absolute Gasteiger partial charge is 0.657 e. The van der Waals surface area contributed by atoms with Crippen molar-refractivity contribution in [2.45, 2.75) is 0 Å². The van der Waals surface area contributed by atoms with E-state index in [0.717, 1.165) is 90.1 Å². The summed E-state index contributed by atoms with van der Waals surface area (Å²) in [6.07, 6.45) is 8.33. The van der Waals surface area contributed by atoms with Gasteiger partial charge >= 0.3 is 34.1 Å². The van der Waals surface area contributed by atoms with E-state index in [2.05, 4.69) is 328 Å². The third kappa shape index (κ3) is 17.7. The molecule has 2 aromatic heterocycles. The Morgan fingerprint density at radius 3 is 0.673 bits per heavy atom. The Balaban J connectivity index is 0.000000134. The molecule has 480 valence electrons. The van der Waals surface area contributed by atoms with Gasteiger partial charge in [0.25, 0.3) is 0 Å². The van der Waals surface area contributed by atoms with E-state index < -0.39 is 15.8 Å². The number of aromatic nitrogens is 2. The molecule has 12 aromatic carbocycles. The van der Waals surface area contributed by atoms with Crippen molar-refractivity contribution in [1.29, 1.82) is 0 Å². The zero-order valence-electron chi connectivity index (χ0n) is 53.7. The Morgan fingerprint density at radius 2 is 0.429 bits per heavy atom. The fourth-order valence-corrected chi connectivity index (χ4v) is 16.9. The van der Waals surface area contributed by atoms with Gasteiger partial charge in [0, 0.05) is 11.1 Å². The van der Waals surface area contributed by atoms with Crippen LogP contribution in [0.4, 0.5) is 0 Å². The van der Waals surface area contributed by atoms with Crippen molar-refractivity contribution < 1.29 is 34.1 Å². The van der Waals surface area contributed by atoms with Crippen LogP contribution in [-0.4, -0.2) is 11.4 Å². The third-order valence-electron chi connectivity index (χ3n) is 16.4. The maximum absolute atomic E-state index is 4.94. The Hall–Kier alpha value is -10.6. The molecule has 0 amide bonds. The normalized spacial score (nSPS) is 12.8. The SMILES string of the molecule is C1=C/C(=C(\c2ccccc2)c2ccc(-c3ccccc3)[n-]2)N=C1c1ccccc1.C1=C/C(=C(\c2ccccc2)c2ccc(-c3ccccc3)[n-]2)N=C1c1ccccc1.[Cu+].[Cu+].c1ccc([PH+](c2ccccc2)c2ccccc2)cc1.c1ccc([PH+](c2ccccc2)c2ccccc2)cc1. The number of benzene rings is 12. The molecule has 0 aliphatic carbocycles. The van der Waals surface area contributed by atoms with Crippen molar-refractivity contribution in [3.8, 4) is 22.5 Å². The molecule has 98 heavy (non-hydrogen) atoms. The molecule has 2 aliphatic rings. The number of hydrogen-bond acceptors (Lipinski definition) is 2. The van der Waals surface area contributed by atoms with Gasteiger partial charge in [-0.15, -0.1) is 22.8 Å². The zero-order valence-corrected chi connectivity index (χ0v) is 57.5. The fraction of sp³-hybridized carbons (Fsp3) is 0. The zero-order chi connectivity index (χ0) is 64.8. The van der Waals surface area contributed by atoms with Crippen molar-refractivity contribution in [3.05, 3.63) is 458 Å². The molecule has 4 heterocycles. The number of aliphatic imine (C=N–C) groups is 2. The minimum Gasteiger partial charge on any atom is -0.657 e. The summed E-state index contributed by atoms with van der Waals surface area (Å²) in [4.78, 5) is 19.8. The van der Waals surface area contributed by atoms with Crippen LogP contribution in [0.15, 0.2) is 434 Å². The van der Waals surface area contributed by atoms with Gasteiger partial charge in [-0.05, 0) is 131 Å². The second kappa shape index (κ2) is 35.4. The summed E-state index contributed by atoms with van der Waals surface area (Å²) >= 11 is 0. The van der Waals surface area contributed by atoms with E-state index in [9.17, 15) is 0 Å². The minimum atomic E-state index is -0.877. The van der Waals surface area contributed by atoms with Crippen LogP contribution in [-0.2, 0) is 34.1 Å². The van der Waals surface area contributed by atoms with Gasteiger partial charge in [0.2, 0.25) is 0 Å². The molecule has 0 spiro atoms. The Labute approximate surface area is 599 Å². The molecule has 0 N–H and O–H groups in total. The fourth-order valence-electron chi connectivity index (χ4n) is 11.8. The van der Waals surface area contributed by atoms with Crippen molar-refractivity contribution in [1.82, 2.24) is 9.97 Å². The monoisotopic (exact) mass is 1390 g/mol. The van der Waals surface area contributed by atoms with Crippen LogP contribution in [0.5, 0.6) is 0 Å². The Bertz CT molecular complexity index is 4410. The number of hydrogen-bond donors (Lipinski definition) is 0. The quantitative estimate of drug-likeness (QED) is 0.0805. The van der Waals surface area contributed by atoms with Gasteiger partial charge in [0.15, 0.2) is 0 Å². The van der Waals surface area contributed by atoms with Crippen LogP contribution < -0.4 is 41.8 Å². The van der Waals surface area contributed by atoms with Crippen molar-refractivity contribution in [3.63, 3.8) is 0 Å². The minimum absolute atomic E-state index is 0. The molecular weight excluding hydrogens is 1330 g/mol. The van der Waals surface area contributed by atoms with Crippen LogP contribution in [0.2, 0.25) is 0 Å².